The van der Waals surface area contributed by atoms with E-state index in [0.29, 0.717) is 22.6 Å². The summed E-state index contributed by atoms with van der Waals surface area (Å²) in [5.74, 6) is 1.24. The Balaban J connectivity index is 1.75. The molecule has 1 aliphatic rings. The molecule has 2 aromatic carbocycles. The predicted octanol–water partition coefficient (Wildman–Crippen LogP) is 4.91. The number of hydrogen-bond donors (Lipinski definition) is 0. The predicted molar refractivity (Wildman–Crippen MR) is 114 cm³/mol. The van der Waals surface area contributed by atoms with Gasteiger partial charge in [-0.2, -0.15) is 0 Å². The lowest BCUT2D eigenvalue weighted by atomic mass is 10.0. The van der Waals surface area contributed by atoms with E-state index in [0.717, 1.165) is 28.8 Å². The second-order valence-corrected chi connectivity index (χ2v) is 7.13. The van der Waals surface area contributed by atoms with Gasteiger partial charge in [-0.3, -0.25) is 9.59 Å². The molecule has 0 N–H and O–H groups in total. The van der Waals surface area contributed by atoms with E-state index in [4.69, 9.17) is 14.2 Å². The van der Waals surface area contributed by atoms with Gasteiger partial charge >= 0.3 is 5.97 Å². The fourth-order valence-corrected chi connectivity index (χ4v) is 3.69. The lowest BCUT2D eigenvalue weighted by molar-refractivity contribution is -0.134. The van der Waals surface area contributed by atoms with Crippen LogP contribution in [0.1, 0.15) is 41.8 Å². The van der Waals surface area contributed by atoms with E-state index in [1.165, 1.54) is 0 Å². The number of benzene rings is 2. The lowest BCUT2D eigenvalue weighted by Crippen LogP contribution is -2.06. The molecule has 0 amide bonds. The number of ketones is 1. The summed E-state index contributed by atoms with van der Waals surface area (Å²) in [5, 5.41) is 0.977. The molecule has 3 aromatic rings. The number of allylic oxidation sites excluding steroid dienone is 1. The number of aromatic nitrogens is 1. The van der Waals surface area contributed by atoms with Crippen molar-refractivity contribution in [1.29, 1.82) is 0 Å². The topological polar surface area (TPSA) is 66.8 Å². The molecule has 154 valence electrons. The minimum Gasteiger partial charge on any atom is -0.497 e. The Hall–Kier alpha value is -3.54. The maximum atomic E-state index is 13.0. The summed E-state index contributed by atoms with van der Waals surface area (Å²) in [6.07, 6.45) is 4.03. The molecule has 1 aliphatic heterocycles. The molecule has 2 heterocycles. The first kappa shape index (κ1) is 19.8. The number of aryl methyl sites for hydroxylation is 2. The van der Waals surface area contributed by atoms with Crippen molar-refractivity contribution in [3.63, 3.8) is 0 Å². The molecule has 0 atom stereocenters. The second-order valence-electron chi connectivity index (χ2n) is 7.13. The second kappa shape index (κ2) is 7.71. The molecule has 0 spiro atoms. The number of nitrogens with zero attached hydrogens (tertiary/aromatic N) is 1. The van der Waals surface area contributed by atoms with Gasteiger partial charge in [0.05, 0.1) is 12.7 Å². The van der Waals surface area contributed by atoms with Crippen molar-refractivity contribution in [3.8, 4) is 17.2 Å². The third-order valence-electron chi connectivity index (χ3n) is 5.21. The number of fused-ring (bicyclic) bond motifs is 2. The first-order valence-electron chi connectivity index (χ1n) is 9.91. The van der Waals surface area contributed by atoms with Crippen LogP contribution in [-0.2, 0) is 11.3 Å². The number of Topliss-reactive ketones (excluding diaryl/α,β-unsaturated/α-hetero) is 1. The molecule has 0 saturated heterocycles. The average molecular weight is 405 g/mol. The highest BCUT2D eigenvalue weighted by Gasteiger charge is 2.30. The monoisotopic (exact) mass is 405 g/mol. The van der Waals surface area contributed by atoms with Gasteiger partial charge in [0, 0.05) is 41.7 Å². The van der Waals surface area contributed by atoms with Gasteiger partial charge in [-0.05, 0) is 49.8 Å². The van der Waals surface area contributed by atoms with Crippen molar-refractivity contribution in [3.05, 3.63) is 59.0 Å². The molecule has 0 radical (unpaired) electrons. The quantitative estimate of drug-likeness (QED) is 0.343. The molecule has 0 bridgehead atoms. The minimum atomic E-state index is -0.337. The molecule has 30 heavy (non-hydrogen) atoms. The fraction of sp³-hybridized carbons (Fsp3) is 0.250. The summed E-state index contributed by atoms with van der Waals surface area (Å²) < 4.78 is 18.7. The number of hydrogen-bond acceptors (Lipinski definition) is 5. The molecule has 1 aromatic heterocycles. The van der Waals surface area contributed by atoms with Crippen LogP contribution < -0.4 is 14.2 Å². The van der Waals surface area contributed by atoms with Crippen LogP contribution in [0.3, 0.4) is 0 Å². The Kier molecular flexibility index (Phi) is 5.08. The van der Waals surface area contributed by atoms with Gasteiger partial charge in [-0.1, -0.05) is 6.92 Å². The molecule has 0 saturated carbocycles. The first-order chi connectivity index (χ1) is 14.4. The van der Waals surface area contributed by atoms with E-state index in [-0.39, 0.29) is 23.9 Å². The SMILES string of the molecule is CCC(=O)Oc1cc(C)c2c(c1)O/C(=C\c1cn(CC)c3ccc(OC)cc13)C2=O. The molecule has 4 rings (SSSR count). The molecular weight excluding hydrogens is 382 g/mol. The molecule has 6 nitrogen and oxygen atoms in total. The van der Waals surface area contributed by atoms with Crippen LogP contribution in [0.15, 0.2) is 42.3 Å². The van der Waals surface area contributed by atoms with Gasteiger partial charge in [0.25, 0.3) is 0 Å². The van der Waals surface area contributed by atoms with E-state index in [1.807, 2.05) is 24.4 Å². The van der Waals surface area contributed by atoms with Crippen LogP contribution in [0.2, 0.25) is 0 Å². The summed E-state index contributed by atoms with van der Waals surface area (Å²) in [7, 11) is 1.63. The lowest BCUT2D eigenvalue weighted by Gasteiger charge is -2.06. The Morgan fingerprint density at radius 1 is 1.17 bits per heavy atom. The van der Waals surface area contributed by atoms with E-state index in [1.54, 1.807) is 39.2 Å². The molecular formula is C24H23NO5. The Bertz CT molecular complexity index is 1200. The summed E-state index contributed by atoms with van der Waals surface area (Å²) in [5.41, 5.74) is 3.13. The summed E-state index contributed by atoms with van der Waals surface area (Å²) >= 11 is 0. The molecule has 0 fully saturated rings. The van der Waals surface area contributed by atoms with Crippen LogP contribution in [-0.4, -0.2) is 23.4 Å². The van der Waals surface area contributed by atoms with Gasteiger partial charge in [-0.25, -0.2) is 0 Å². The number of rotatable bonds is 5. The van der Waals surface area contributed by atoms with E-state index >= 15 is 0 Å². The molecule has 0 unspecified atom stereocenters. The van der Waals surface area contributed by atoms with Crippen LogP contribution in [0.25, 0.3) is 17.0 Å². The van der Waals surface area contributed by atoms with E-state index < -0.39 is 0 Å². The van der Waals surface area contributed by atoms with E-state index in [9.17, 15) is 9.59 Å². The van der Waals surface area contributed by atoms with Crippen LogP contribution in [0.4, 0.5) is 0 Å². The highest BCUT2D eigenvalue weighted by atomic mass is 16.5. The van der Waals surface area contributed by atoms with Gasteiger partial charge in [-0.15, -0.1) is 0 Å². The molecule has 0 aliphatic carbocycles. The maximum Gasteiger partial charge on any atom is 0.310 e. The highest BCUT2D eigenvalue weighted by Crippen LogP contribution is 2.38. The Morgan fingerprint density at radius 2 is 1.97 bits per heavy atom. The molecule has 6 heteroatoms. The van der Waals surface area contributed by atoms with Gasteiger partial charge in [0.2, 0.25) is 5.78 Å². The van der Waals surface area contributed by atoms with Gasteiger partial charge < -0.3 is 18.8 Å². The van der Waals surface area contributed by atoms with Crippen molar-refractivity contribution >= 4 is 28.7 Å². The number of carbonyl (C=O) groups excluding carboxylic acids is 2. The number of ether oxygens (including phenoxy) is 3. The third kappa shape index (κ3) is 3.34. The van der Waals surface area contributed by atoms with Crippen LogP contribution >= 0.6 is 0 Å². The largest absolute Gasteiger partial charge is 0.497 e. The smallest absolute Gasteiger partial charge is 0.310 e. The van der Waals surface area contributed by atoms with Gasteiger partial charge in [0.1, 0.15) is 17.2 Å². The normalized spacial score (nSPS) is 14.1. The maximum absolute atomic E-state index is 13.0. The van der Waals surface area contributed by atoms with Gasteiger partial charge in [0.15, 0.2) is 5.76 Å². The van der Waals surface area contributed by atoms with Crippen molar-refractivity contribution in [2.45, 2.75) is 33.7 Å². The van der Waals surface area contributed by atoms with Crippen molar-refractivity contribution < 1.29 is 23.8 Å². The van der Waals surface area contributed by atoms with Crippen molar-refractivity contribution in [2.75, 3.05) is 7.11 Å². The third-order valence-corrected chi connectivity index (χ3v) is 5.21. The zero-order valence-corrected chi connectivity index (χ0v) is 17.4. The summed E-state index contributed by atoms with van der Waals surface area (Å²) in [6, 6.07) is 9.15. The summed E-state index contributed by atoms with van der Waals surface area (Å²) in [4.78, 5) is 24.6. The van der Waals surface area contributed by atoms with Crippen molar-refractivity contribution in [2.24, 2.45) is 0 Å². The van der Waals surface area contributed by atoms with Crippen LogP contribution in [0.5, 0.6) is 17.2 Å². The summed E-state index contributed by atoms with van der Waals surface area (Å²) in [6.45, 7) is 6.40. The van der Waals surface area contributed by atoms with Crippen LogP contribution in [0, 0.1) is 6.92 Å². The fourth-order valence-electron chi connectivity index (χ4n) is 3.69. The number of carbonyl (C=O) groups is 2. The number of methoxy groups -OCH3 is 1. The Labute approximate surface area is 174 Å². The highest BCUT2D eigenvalue weighted by molar-refractivity contribution is 6.16. The standard InChI is InChI=1S/C24H23NO5/c1-5-22(26)29-17-9-14(3)23-20(12-17)30-21(24(23)27)10-15-13-25(6-2)19-8-7-16(28-4)11-18(15)19/h7-13H,5-6H2,1-4H3/b21-10-. The van der Waals surface area contributed by atoms with Crippen molar-refractivity contribution in [1.82, 2.24) is 4.57 Å². The zero-order chi connectivity index (χ0) is 21.4. The Morgan fingerprint density at radius 3 is 2.67 bits per heavy atom. The van der Waals surface area contributed by atoms with E-state index in [2.05, 4.69) is 11.5 Å². The first-order valence-corrected chi connectivity index (χ1v) is 9.91. The zero-order valence-electron chi connectivity index (χ0n) is 17.4. The average Bonchev–Trinajstić information content (AvgIpc) is 3.25. The minimum absolute atomic E-state index is 0.184. The number of esters is 1.